The Morgan fingerprint density at radius 1 is 1.07 bits per heavy atom. The lowest BCUT2D eigenvalue weighted by Gasteiger charge is -2.40. The molecule has 154 valence electrons. The van der Waals surface area contributed by atoms with E-state index in [4.69, 9.17) is 20.8 Å². The number of benzene rings is 1. The third-order valence-electron chi connectivity index (χ3n) is 5.22. The van der Waals surface area contributed by atoms with Crippen LogP contribution < -0.4 is 5.56 Å². The molecule has 3 aromatic rings. The van der Waals surface area contributed by atoms with Crippen LogP contribution in [0.3, 0.4) is 0 Å². The number of rotatable bonds is 4. The van der Waals surface area contributed by atoms with Gasteiger partial charge in [0.15, 0.2) is 0 Å². The molecule has 1 saturated heterocycles. The maximum Gasteiger partial charge on any atom is 0.262 e. The summed E-state index contributed by atoms with van der Waals surface area (Å²) in [5, 5.41) is 40.6. The van der Waals surface area contributed by atoms with Gasteiger partial charge in [-0.25, -0.2) is 0 Å². The number of halogens is 1. The number of hydrogen-bond acceptors (Lipinski definition) is 7. The Morgan fingerprint density at radius 3 is 2.62 bits per heavy atom. The van der Waals surface area contributed by atoms with Crippen LogP contribution in [0.1, 0.15) is 17.2 Å². The van der Waals surface area contributed by atoms with E-state index in [1.807, 2.05) is 0 Å². The lowest BCUT2D eigenvalue weighted by molar-refractivity contribution is -0.231. The second kappa shape index (κ2) is 7.91. The monoisotopic (exact) mass is 421 g/mol. The molecule has 29 heavy (non-hydrogen) atoms. The van der Waals surface area contributed by atoms with Gasteiger partial charge in [0.05, 0.1) is 24.8 Å². The van der Waals surface area contributed by atoms with Gasteiger partial charge in [-0.2, -0.15) is 0 Å². The van der Waals surface area contributed by atoms with Crippen LogP contribution in [0.15, 0.2) is 52.0 Å². The first-order valence-electron chi connectivity index (χ1n) is 9.06. The second-order valence-corrected chi connectivity index (χ2v) is 7.45. The molecule has 0 saturated carbocycles. The van der Waals surface area contributed by atoms with Crippen molar-refractivity contribution in [3.63, 3.8) is 0 Å². The van der Waals surface area contributed by atoms with E-state index in [2.05, 4.69) is 0 Å². The molecule has 4 rings (SSSR count). The Labute approximate surface area is 170 Å². The quantitative estimate of drug-likeness (QED) is 0.491. The van der Waals surface area contributed by atoms with E-state index in [1.54, 1.807) is 36.5 Å². The van der Waals surface area contributed by atoms with Crippen LogP contribution in [0.25, 0.3) is 11.0 Å². The molecule has 5 atom stereocenters. The van der Waals surface area contributed by atoms with E-state index >= 15 is 0 Å². The highest BCUT2D eigenvalue weighted by molar-refractivity contribution is 6.31. The highest BCUT2D eigenvalue weighted by atomic mass is 35.5. The topological polar surface area (TPSA) is 125 Å². The van der Waals surface area contributed by atoms with Crippen molar-refractivity contribution in [1.29, 1.82) is 0 Å². The maximum absolute atomic E-state index is 12.6. The SMILES string of the molecule is O=c1c2ccoc2ccn1Cc1cc([C@@H]2O[C@H](CO)[C@@H](O)[C@H](O)[C@H]2O)ccc1Cl. The fourth-order valence-electron chi connectivity index (χ4n) is 3.58. The summed E-state index contributed by atoms with van der Waals surface area (Å²) in [4.78, 5) is 12.6. The molecule has 1 aliphatic rings. The van der Waals surface area contributed by atoms with Crippen molar-refractivity contribution in [3.8, 4) is 0 Å². The number of fused-ring (bicyclic) bond motifs is 1. The van der Waals surface area contributed by atoms with Crippen LogP contribution >= 0.6 is 11.6 Å². The average Bonchev–Trinajstić information content (AvgIpc) is 3.20. The molecule has 0 amide bonds. The molecule has 1 aliphatic heterocycles. The Balaban J connectivity index is 1.67. The molecule has 0 spiro atoms. The van der Waals surface area contributed by atoms with Gasteiger partial charge in [0.1, 0.15) is 36.1 Å². The molecule has 8 nitrogen and oxygen atoms in total. The second-order valence-electron chi connectivity index (χ2n) is 7.05. The van der Waals surface area contributed by atoms with Crippen molar-refractivity contribution in [2.75, 3.05) is 6.61 Å². The van der Waals surface area contributed by atoms with Crippen molar-refractivity contribution in [1.82, 2.24) is 4.57 Å². The number of pyridine rings is 1. The molecule has 9 heteroatoms. The van der Waals surface area contributed by atoms with Crippen molar-refractivity contribution in [3.05, 3.63) is 69.3 Å². The van der Waals surface area contributed by atoms with Crippen LogP contribution in [-0.2, 0) is 11.3 Å². The fourth-order valence-corrected chi connectivity index (χ4v) is 3.76. The van der Waals surface area contributed by atoms with Crippen molar-refractivity contribution >= 4 is 22.6 Å². The minimum Gasteiger partial charge on any atom is -0.464 e. The lowest BCUT2D eigenvalue weighted by Crippen LogP contribution is -2.55. The van der Waals surface area contributed by atoms with Crippen LogP contribution in [0, 0.1) is 0 Å². The first kappa shape index (κ1) is 20.1. The zero-order chi connectivity index (χ0) is 20.7. The number of aliphatic hydroxyl groups excluding tert-OH is 4. The predicted octanol–water partition coefficient (Wildman–Crippen LogP) is 0.811. The highest BCUT2D eigenvalue weighted by Gasteiger charge is 2.44. The average molecular weight is 422 g/mol. The summed E-state index contributed by atoms with van der Waals surface area (Å²) in [7, 11) is 0. The molecule has 0 aliphatic carbocycles. The minimum absolute atomic E-state index is 0.171. The van der Waals surface area contributed by atoms with Gasteiger partial charge >= 0.3 is 0 Å². The Hall–Kier alpha value is -2.20. The largest absolute Gasteiger partial charge is 0.464 e. The molecule has 3 heterocycles. The Bertz CT molecular complexity index is 1080. The van der Waals surface area contributed by atoms with Gasteiger partial charge in [0, 0.05) is 11.2 Å². The van der Waals surface area contributed by atoms with Crippen molar-refractivity contribution in [2.45, 2.75) is 37.1 Å². The maximum atomic E-state index is 12.6. The van der Waals surface area contributed by atoms with Gasteiger partial charge < -0.3 is 34.1 Å². The number of nitrogens with zero attached hydrogens (tertiary/aromatic N) is 1. The molecule has 1 aromatic carbocycles. The van der Waals surface area contributed by atoms with Crippen LogP contribution in [0.2, 0.25) is 5.02 Å². The number of aromatic nitrogens is 1. The van der Waals surface area contributed by atoms with Crippen molar-refractivity contribution < 1.29 is 29.6 Å². The summed E-state index contributed by atoms with van der Waals surface area (Å²) >= 11 is 6.31. The lowest BCUT2D eigenvalue weighted by atomic mass is 9.90. The summed E-state index contributed by atoms with van der Waals surface area (Å²) in [5.74, 6) is 0. The van der Waals surface area contributed by atoms with Gasteiger partial charge in [0.2, 0.25) is 0 Å². The van der Waals surface area contributed by atoms with Gasteiger partial charge in [0.25, 0.3) is 5.56 Å². The van der Waals surface area contributed by atoms with Gasteiger partial charge in [-0.05, 0) is 35.4 Å². The van der Waals surface area contributed by atoms with Gasteiger partial charge in [-0.3, -0.25) is 4.79 Å². The predicted molar refractivity (Wildman–Crippen MR) is 104 cm³/mol. The number of hydrogen-bond donors (Lipinski definition) is 4. The summed E-state index contributed by atoms with van der Waals surface area (Å²) in [6, 6.07) is 8.18. The molecule has 0 radical (unpaired) electrons. The first-order chi connectivity index (χ1) is 13.9. The summed E-state index contributed by atoms with van der Waals surface area (Å²) in [6.45, 7) is -0.341. The van der Waals surface area contributed by atoms with Crippen LogP contribution in [0.5, 0.6) is 0 Å². The zero-order valence-corrected chi connectivity index (χ0v) is 15.9. The number of aliphatic hydroxyl groups is 4. The Morgan fingerprint density at radius 2 is 1.86 bits per heavy atom. The number of ether oxygens (including phenoxy) is 1. The molecule has 0 bridgehead atoms. The minimum atomic E-state index is -1.48. The normalized spacial score (nSPS) is 27.4. The molecular formula is C20H20ClNO7. The smallest absolute Gasteiger partial charge is 0.262 e. The third kappa shape index (κ3) is 3.59. The summed E-state index contributed by atoms with van der Waals surface area (Å²) < 4.78 is 12.3. The summed E-state index contributed by atoms with van der Waals surface area (Å²) in [5.41, 5.74) is 1.36. The van der Waals surface area contributed by atoms with E-state index in [0.29, 0.717) is 27.1 Å². The van der Waals surface area contributed by atoms with Crippen LogP contribution in [-0.4, -0.2) is 56.0 Å². The van der Waals surface area contributed by atoms with Crippen molar-refractivity contribution in [2.24, 2.45) is 0 Å². The summed E-state index contributed by atoms with van der Waals surface area (Å²) in [6.07, 6.45) is -3.24. The standard InChI is InChI=1S/C20H20ClNO7/c21-13-2-1-10(19-18(26)17(25)16(24)15(9-23)29-19)7-11(13)8-22-5-3-14-12(20(22)27)4-6-28-14/h1-7,15-19,23-26H,8-9H2/t15-,16-,17+,18-,19+/m1/s1. The highest BCUT2D eigenvalue weighted by Crippen LogP contribution is 2.34. The third-order valence-corrected chi connectivity index (χ3v) is 5.59. The number of furan rings is 1. The molecule has 0 unspecified atom stereocenters. The molecule has 4 N–H and O–H groups in total. The van der Waals surface area contributed by atoms with Crippen LogP contribution in [0.4, 0.5) is 0 Å². The first-order valence-corrected chi connectivity index (χ1v) is 9.44. The van der Waals surface area contributed by atoms with E-state index < -0.39 is 37.1 Å². The fraction of sp³-hybridized carbons (Fsp3) is 0.350. The van der Waals surface area contributed by atoms with E-state index in [-0.39, 0.29) is 12.1 Å². The van der Waals surface area contributed by atoms with Gasteiger partial charge in [-0.15, -0.1) is 0 Å². The van der Waals surface area contributed by atoms with E-state index in [0.717, 1.165) is 0 Å². The molecular weight excluding hydrogens is 402 g/mol. The molecule has 2 aromatic heterocycles. The zero-order valence-electron chi connectivity index (χ0n) is 15.2. The van der Waals surface area contributed by atoms with Gasteiger partial charge in [-0.1, -0.05) is 17.7 Å². The molecule has 1 fully saturated rings. The van der Waals surface area contributed by atoms with E-state index in [1.165, 1.54) is 10.8 Å². The van der Waals surface area contributed by atoms with E-state index in [9.17, 15) is 25.2 Å². The Kier molecular flexibility index (Phi) is 5.48.